The zero-order valence-electron chi connectivity index (χ0n) is 20.1. The molecule has 1 aliphatic rings. The molecule has 6 nitrogen and oxygen atoms in total. The minimum absolute atomic E-state index is 0.0811. The maximum Gasteiger partial charge on any atom is 0.258 e. The van der Waals surface area contributed by atoms with E-state index in [1.165, 1.54) is 0 Å². The van der Waals surface area contributed by atoms with Gasteiger partial charge in [0.2, 0.25) is 5.91 Å². The molecule has 0 bridgehead atoms. The fourth-order valence-electron chi connectivity index (χ4n) is 4.05. The van der Waals surface area contributed by atoms with Crippen LogP contribution in [0.4, 0.5) is 17.1 Å². The number of nitrogens with zero attached hydrogens (tertiary/aromatic N) is 2. The Balaban J connectivity index is 1.61. The Morgan fingerprint density at radius 2 is 1.69 bits per heavy atom. The summed E-state index contributed by atoms with van der Waals surface area (Å²) < 4.78 is 0. The van der Waals surface area contributed by atoms with Crippen LogP contribution in [0.25, 0.3) is 11.3 Å². The summed E-state index contributed by atoms with van der Waals surface area (Å²) in [5.74, 6) is -0.106. The first-order valence-electron chi connectivity index (χ1n) is 11.5. The molecule has 0 atom stereocenters. The number of hydrogen-bond acceptors (Lipinski definition) is 4. The van der Waals surface area contributed by atoms with E-state index in [4.69, 9.17) is 11.6 Å². The molecule has 0 saturated carbocycles. The average molecular weight is 489 g/mol. The molecule has 0 saturated heterocycles. The van der Waals surface area contributed by atoms with Crippen molar-refractivity contribution in [3.05, 3.63) is 88.9 Å². The highest BCUT2D eigenvalue weighted by molar-refractivity contribution is 6.38. The normalized spacial score (nSPS) is 13.9. The maximum atomic E-state index is 13.0. The van der Waals surface area contributed by atoms with Gasteiger partial charge < -0.3 is 20.4 Å². The third kappa shape index (κ3) is 5.73. The summed E-state index contributed by atoms with van der Waals surface area (Å²) >= 11 is 6.14. The van der Waals surface area contributed by atoms with Crippen LogP contribution >= 0.6 is 11.6 Å². The third-order valence-electron chi connectivity index (χ3n) is 5.93. The fraction of sp³-hybridized carbons (Fsp3) is 0.214. The summed E-state index contributed by atoms with van der Waals surface area (Å²) in [6, 6.07) is 22.8. The number of anilines is 3. The van der Waals surface area contributed by atoms with Gasteiger partial charge in [-0.1, -0.05) is 48.0 Å². The van der Waals surface area contributed by atoms with Crippen molar-refractivity contribution in [2.24, 2.45) is 0 Å². The Hall–Kier alpha value is -3.61. The quantitative estimate of drug-likeness (QED) is 0.406. The highest BCUT2D eigenvalue weighted by Crippen LogP contribution is 2.38. The van der Waals surface area contributed by atoms with Crippen molar-refractivity contribution in [2.45, 2.75) is 12.8 Å². The molecule has 0 radical (unpaired) electrons. The Labute approximate surface area is 211 Å². The Kier molecular flexibility index (Phi) is 7.54. The second kappa shape index (κ2) is 10.8. The second-order valence-corrected chi connectivity index (χ2v) is 9.23. The van der Waals surface area contributed by atoms with Crippen molar-refractivity contribution >= 4 is 51.7 Å². The molecule has 180 valence electrons. The van der Waals surface area contributed by atoms with Gasteiger partial charge >= 0.3 is 0 Å². The highest BCUT2D eigenvalue weighted by Gasteiger charge is 2.28. The third-order valence-corrected chi connectivity index (χ3v) is 6.17. The molecule has 3 aromatic carbocycles. The largest absolute Gasteiger partial charge is 0.354 e. The predicted molar refractivity (Wildman–Crippen MR) is 145 cm³/mol. The summed E-state index contributed by atoms with van der Waals surface area (Å²) in [4.78, 5) is 29.3. The number of benzene rings is 3. The van der Waals surface area contributed by atoms with Crippen molar-refractivity contribution in [3.8, 4) is 0 Å². The van der Waals surface area contributed by atoms with Gasteiger partial charge in [0.25, 0.3) is 5.91 Å². The van der Waals surface area contributed by atoms with Crippen LogP contribution in [-0.4, -0.2) is 44.4 Å². The zero-order chi connectivity index (χ0) is 24.9. The minimum Gasteiger partial charge on any atom is -0.354 e. The lowest BCUT2D eigenvalue weighted by Gasteiger charge is -2.19. The SMILES string of the molecule is CN(C)CCCC(=O)N(C)c1ccc(N/C(=C2\C(=O)Nc3cc(Cl)ccc32)c2ccccc2)cc1. The molecule has 35 heavy (non-hydrogen) atoms. The van der Waals surface area contributed by atoms with Gasteiger partial charge in [0.1, 0.15) is 0 Å². The van der Waals surface area contributed by atoms with E-state index >= 15 is 0 Å². The van der Waals surface area contributed by atoms with Gasteiger partial charge in [-0.3, -0.25) is 9.59 Å². The first kappa shape index (κ1) is 24.5. The van der Waals surface area contributed by atoms with Crippen LogP contribution in [0.1, 0.15) is 24.0 Å². The molecule has 0 aliphatic carbocycles. The molecule has 1 aliphatic heterocycles. The molecule has 2 N–H and O–H groups in total. The van der Waals surface area contributed by atoms with Crippen molar-refractivity contribution < 1.29 is 9.59 Å². The smallest absolute Gasteiger partial charge is 0.258 e. The molecule has 4 rings (SSSR count). The van der Waals surface area contributed by atoms with Crippen LogP contribution in [-0.2, 0) is 9.59 Å². The van der Waals surface area contributed by atoms with Crippen molar-refractivity contribution in [3.63, 3.8) is 0 Å². The number of amides is 2. The number of carbonyl (C=O) groups excluding carboxylic acids is 2. The highest BCUT2D eigenvalue weighted by atomic mass is 35.5. The summed E-state index contributed by atoms with van der Waals surface area (Å²) in [5.41, 5.74) is 5.26. The number of nitrogens with one attached hydrogen (secondary N) is 2. The molecule has 7 heteroatoms. The van der Waals surface area contributed by atoms with E-state index in [2.05, 4.69) is 15.5 Å². The summed E-state index contributed by atoms with van der Waals surface area (Å²) in [5, 5.41) is 6.92. The van der Waals surface area contributed by atoms with E-state index in [-0.39, 0.29) is 11.8 Å². The molecular formula is C28H29ClN4O2. The summed E-state index contributed by atoms with van der Waals surface area (Å²) in [6.07, 6.45) is 1.32. The first-order chi connectivity index (χ1) is 16.8. The van der Waals surface area contributed by atoms with E-state index in [1.807, 2.05) is 74.8 Å². The van der Waals surface area contributed by atoms with Crippen LogP contribution < -0.4 is 15.5 Å². The van der Waals surface area contributed by atoms with Crippen LogP contribution in [0, 0.1) is 0 Å². The van der Waals surface area contributed by atoms with E-state index in [0.29, 0.717) is 28.4 Å². The molecule has 0 unspecified atom stereocenters. The second-order valence-electron chi connectivity index (χ2n) is 8.79. The lowest BCUT2D eigenvalue weighted by molar-refractivity contribution is -0.118. The molecule has 0 spiro atoms. The fourth-order valence-corrected chi connectivity index (χ4v) is 4.22. The van der Waals surface area contributed by atoms with Gasteiger partial charge in [-0.2, -0.15) is 0 Å². The van der Waals surface area contributed by atoms with Crippen LogP contribution in [0.5, 0.6) is 0 Å². The summed E-state index contributed by atoms with van der Waals surface area (Å²) in [7, 11) is 5.80. The van der Waals surface area contributed by atoms with Crippen LogP contribution in [0.3, 0.4) is 0 Å². The van der Waals surface area contributed by atoms with E-state index in [1.54, 1.807) is 24.1 Å². The van der Waals surface area contributed by atoms with Crippen LogP contribution in [0.2, 0.25) is 5.02 Å². The zero-order valence-corrected chi connectivity index (χ0v) is 20.9. The Bertz CT molecular complexity index is 1250. The number of hydrogen-bond donors (Lipinski definition) is 2. The summed E-state index contributed by atoms with van der Waals surface area (Å²) in [6.45, 7) is 0.877. The van der Waals surface area contributed by atoms with E-state index in [9.17, 15) is 9.59 Å². The Morgan fingerprint density at radius 1 is 0.971 bits per heavy atom. The van der Waals surface area contributed by atoms with E-state index in [0.717, 1.165) is 35.5 Å². The van der Waals surface area contributed by atoms with Gasteiger partial charge in [-0.05, 0) is 69.0 Å². The van der Waals surface area contributed by atoms with Crippen molar-refractivity contribution in [2.75, 3.05) is 43.2 Å². The maximum absolute atomic E-state index is 13.0. The number of carbonyl (C=O) groups is 2. The predicted octanol–water partition coefficient (Wildman–Crippen LogP) is 5.58. The molecule has 1 heterocycles. The number of fused-ring (bicyclic) bond motifs is 1. The number of rotatable bonds is 8. The molecule has 0 fully saturated rings. The van der Waals surface area contributed by atoms with Gasteiger partial charge in [0.05, 0.1) is 17.0 Å². The standard InChI is InChI=1S/C28H29ClN4O2/c1-32(2)17-7-10-25(34)33(3)22-14-12-21(13-15-22)30-27(19-8-5-4-6-9-19)26-23-16-11-20(29)18-24(23)31-28(26)35/h4-6,8-9,11-16,18,30H,7,10,17H2,1-3H3,(H,31,35)/b27-26-. The average Bonchev–Trinajstić information content (AvgIpc) is 3.17. The molecular weight excluding hydrogens is 460 g/mol. The van der Waals surface area contributed by atoms with Gasteiger partial charge in [-0.15, -0.1) is 0 Å². The minimum atomic E-state index is -0.187. The van der Waals surface area contributed by atoms with Gasteiger partial charge in [0.15, 0.2) is 0 Å². The first-order valence-corrected chi connectivity index (χ1v) is 11.9. The number of halogens is 1. The van der Waals surface area contributed by atoms with E-state index < -0.39 is 0 Å². The molecule has 0 aromatic heterocycles. The van der Waals surface area contributed by atoms with Crippen molar-refractivity contribution in [1.82, 2.24) is 4.90 Å². The lowest BCUT2D eigenvalue weighted by Crippen LogP contribution is -2.27. The van der Waals surface area contributed by atoms with Gasteiger partial charge in [-0.25, -0.2) is 0 Å². The lowest BCUT2D eigenvalue weighted by atomic mass is 10.00. The monoisotopic (exact) mass is 488 g/mol. The topological polar surface area (TPSA) is 64.7 Å². The Morgan fingerprint density at radius 3 is 2.37 bits per heavy atom. The van der Waals surface area contributed by atoms with Crippen molar-refractivity contribution in [1.29, 1.82) is 0 Å². The molecule has 2 amide bonds. The van der Waals surface area contributed by atoms with Crippen LogP contribution in [0.15, 0.2) is 72.8 Å². The van der Waals surface area contributed by atoms with Gasteiger partial charge in [0, 0.05) is 35.4 Å². The molecule has 3 aromatic rings.